The molecular formula is C18H20N2O6S2. The van der Waals surface area contributed by atoms with Crippen LogP contribution in [0, 0.1) is 0 Å². The molecule has 3 rings (SSSR count). The predicted octanol–water partition coefficient (Wildman–Crippen LogP) is 1.99. The van der Waals surface area contributed by atoms with E-state index in [4.69, 9.17) is 0 Å². The molecule has 1 heterocycles. The summed E-state index contributed by atoms with van der Waals surface area (Å²) >= 11 is 0. The fourth-order valence-corrected chi connectivity index (χ4v) is 5.09. The van der Waals surface area contributed by atoms with Crippen molar-refractivity contribution in [2.45, 2.75) is 17.7 Å². The first-order valence-electron chi connectivity index (χ1n) is 8.44. The highest BCUT2D eigenvalue weighted by Crippen LogP contribution is 2.32. The molecule has 0 aliphatic carbocycles. The van der Waals surface area contributed by atoms with Crippen molar-refractivity contribution in [3.8, 4) is 0 Å². The zero-order valence-electron chi connectivity index (χ0n) is 15.4. The maximum Gasteiger partial charge on any atom is 0.337 e. The summed E-state index contributed by atoms with van der Waals surface area (Å²) in [6.45, 7) is 0.358. The van der Waals surface area contributed by atoms with Crippen molar-refractivity contribution in [3.05, 3.63) is 53.6 Å². The number of hydrogen-bond donors (Lipinski definition) is 1. The van der Waals surface area contributed by atoms with E-state index in [1.54, 1.807) is 12.1 Å². The van der Waals surface area contributed by atoms with E-state index in [1.165, 1.54) is 41.7 Å². The van der Waals surface area contributed by atoms with Gasteiger partial charge in [0, 0.05) is 6.54 Å². The van der Waals surface area contributed by atoms with Crippen molar-refractivity contribution in [2.24, 2.45) is 0 Å². The zero-order valence-corrected chi connectivity index (χ0v) is 17.0. The van der Waals surface area contributed by atoms with Gasteiger partial charge in [0.2, 0.25) is 10.0 Å². The molecule has 1 N–H and O–H groups in total. The number of hydrogen-bond acceptors (Lipinski definition) is 6. The van der Waals surface area contributed by atoms with Gasteiger partial charge in [0.05, 0.1) is 35.2 Å². The number of anilines is 2. The van der Waals surface area contributed by atoms with Gasteiger partial charge in [-0.1, -0.05) is 6.07 Å². The lowest BCUT2D eigenvalue weighted by Gasteiger charge is -2.29. The second kappa shape index (κ2) is 7.44. The quantitative estimate of drug-likeness (QED) is 0.735. The van der Waals surface area contributed by atoms with Gasteiger partial charge < -0.3 is 4.74 Å². The third kappa shape index (κ3) is 4.12. The fourth-order valence-electron chi connectivity index (χ4n) is 3.05. The van der Waals surface area contributed by atoms with Gasteiger partial charge in [-0.3, -0.25) is 9.03 Å². The molecule has 0 unspecified atom stereocenters. The number of nitrogens with zero attached hydrogens (tertiary/aromatic N) is 1. The van der Waals surface area contributed by atoms with E-state index in [2.05, 4.69) is 9.46 Å². The number of methoxy groups -OCH3 is 1. The molecule has 2 aromatic carbocycles. The number of sulfonamides is 2. The molecule has 0 saturated carbocycles. The molecule has 0 saturated heterocycles. The molecule has 1 aliphatic heterocycles. The molecule has 8 nitrogen and oxygen atoms in total. The van der Waals surface area contributed by atoms with Gasteiger partial charge in [0.25, 0.3) is 10.0 Å². The molecular weight excluding hydrogens is 404 g/mol. The van der Waals surface area contributed by atoms with Gasteiger partial charge in [0.1, 0.15) is 0 Å². The summed E-state index contributed by atoms with van der Waals surface area (Å²) in [6.07, 6.45) is 2.56. The van der Waals surface area contributed by atoms with Crippen molar-refractivity contribution in [2.75, 3.05) is 28.9 Å². The number of carbonyl (C=O) groups is 1. The van der Waals surface area contributed by atoms with Crippen molar-refractivity contribution < 1.29 is 26.4 Å². The van der Waals surface area contributed by atoms with Gasteiger partial charge in [0.15, 0.2) is 0 Å². The first kappa shape index (κ1) is 20.2. The fraction of sp³-hybridized carbons (Fsp3) is 0.278. The van der Waals surface area contributed by atoms with Crippen LogP contribution >= 0.6 is 0 Å². The minimum atomic E-state index is -3.91. The molecule has 0 bridgehead atoms. The van der Waals surface area contributed by atoms with Crippen molar-refractivity contribution >= 4 is 37.4 Å². The third-order valence-electron chi connectivity index (χ3n) is 4.40. The van der Waals surface area contributed by atoms with E-state index < -0.39 is 26.0 Å². The topological polar surface area (TPSA) is 110 Å². The lowest BCUT2D eigenvalue weighted by Crippen LogP contribution is -2.34. The van der Waals surface area contributed by atoms with Crippen LogP contribution in [0.25, 0.3) is 0 Å². The van der Waals surface area contributed by atoms with Crippen molar-refractivity contribution in [3.63, 3.8) is 0 Å². The van der Waals surface area contributed by atoms with Crippen LogP contribution in [-0.2, 0) is 31.2 Å². The second-order valence-electron chi connectivity index (χ2n) is 6.40. The number of fused-ring (bicyclic) bond motifs is 1. The van der Waals surface area contributed by atoms with E-state index >= 15 is 0 Å². The Kier molecular flexibility index (Phi) is 5.35. The summed E-state index contributed by atoms with van der Waals surface area (Å²) in [5.74, 6) is -0.563. The minimum absolute atomic E-state index is 0.0298. The van der Waals surface area contributed by atoms with E-state index in [1.807, 2.05) is 0 Å². The Morgan fingerprint density at radius 3 is 2.36 bits per heavy atom. The van der Waals surface area contributed by atoms with Crippen LogP contribution in [0.4, 0.5) is 11.4 Å². The SMILES string of the molecule is COC(=O)c1ccc(S(=O)(=O)Nc2ccc3c(c2)N(S(C)(=O)=O)CCC3)cc1. The van der Waals surface area contributed by atoms with Crippen LogP contribution in [0.5, 0.6) is 0 Å². The van der Waals surface area contributed by atoms with E-state index in [9.17, 15) is 21.6 Å². The summed E-state index contributed by atoms with van der Waals surface area (Å²) < 4.78 is 57.7. The van der Waals surface area contributed by atoms with Crippen molar-refractivity contribution in [1.29, 1.82) is 0 Å². The summed E-state index contributed by atoms with van der Waals surface area (Å²) in [6, 6.07) is 10.2. The van der Waals surface area contributed by atoms with Gasteiger partial charge in [-0.2, -0.15) is 0 Å². The molecule has 2 aromatic rings. The van der Waals surface area contributed by atoms with Crippen LogP contribution in [0.2, 0.25) is 0 Å². The lowest BCUT2D eigenvalue weighted by atomic mass is 10.0. The smallest absolute Gasteiger partial charge is 0.337 e. The molecule has 0 atom stereocenters. The average molecular weight is 425 g/mol. The van der Waals surface area contributed by atoms with Crippen molar-refractivity contribution in [1.82, 2.24) is 0 Å². The van der Waals surface area contributed by atoms with Gasteiger partial charge in [-0.05, 0) is 54.8 Å². The molecule has 0 amide bonds. The highest BCUT2D eigenvalue weighted by Gasteiger charge is 2.25. The molecule has 0 radical (unpaired) electrons. The Morgan fingerprint density at radius 1 is 1.07 bits per heavy atom. The summed E-state index contributed by atoms with van der Waals surface area (Å²) in [4.78, 5) is 11.4. The lowest BCUT2D eigenvalue weighted by molar-refractivity contribution is 0.0600. The standard InChI is InChI=1S/C18H20N2O6S2/c1-26-18(21)14-6-9-16(10-7-14)28(24,25)19-15-8-5-13-4-3-11-20(17(13)12-15)27(2,22)23/h5-10,12,19H,3-4,11H2,1-2H3. The second-order valence-corrected chi connectivity index (χ2v) is 9.99. The highest BCUT2D eigenvalue weighted by molar-refractivity contribution is 7.92. The maximum atomic E-state index is 12.6. The molecule has 0 aromatic heterocycles. The van der Waals surface area contributed by atoms with Crippen LogP contribution in [-0.4, -0.2) is 42.7 Å². The van der Waals surface area contributed by atoms with Gasteiger partial charge in [-0.25, -0.2) is 21.6 Å². The van der Waals surface area contributed by atoms with Crippen LogP contribution in [0.15, 0.2) is 47.4 Å². The first-order valence-corrected chi connectivity index (χ1v) is 11.8. The Balaban J connectivity index is 1.90. The molecule has 0 spiro atoms. The summed E-state index contributed by atoms with van der Waals surface area (Å²) in [5, 5.41) is 0. The number of benzene rings is 2. The Hall–Kier alpha value is -2.59. The van der Waals surface area contributed by atoms with Crippen LogP contribution in [0.3, 0.4) is 0 Å². The van der Waals surface area contributed by atoms with Gasteiger partial charge >= 0.3 is 5.97 Å². The average Bonchev–Trinajstić information content (AvgIpc) is 2.66. The molecule has 28 heavy (non-hydrogen) atoms. The summed E-state index contributed by atoms with van der Waals surface area (Å²) in [7, 11) is -6.13. The molecule has 0 fully saturated rings. The number of carbonyl (C=O) groups excluding carboxylic acids is 1. The Labute approximate surface area is 164 Å². The maximum absolute atomic E-state index is 12.6. The number of esters is 1. The summed E-state index contributed by atoms with van der Waals surface area (Å²) in [5.41, 5.74) is 1.82. The highest BCUT2D eigenvalue weighted by atomic mass is 32.2. The van der Waals surface area contributed by atoms with Crippen LogP contribution in [0.1, 0.15) is 22.3 Å². The monoisotopic (exact) mass is 424 g/mol. The number of aryl methyl sites for hydroxylation is 1. The zero-order chi connectivity index (χ0) is 20.5. The Bertz CT molecular complexity index is 1110. The molecule has 150 valence electrons. The third-order valence-corrected chi connectivity index (χ3v) is 6.98. The normalized spacial score (nSPS) is 14.3. The largest absolute Gasteiger partial charge is 0.465 e. The van der Waals surface area contributed by atoms with Crippen LogP contribution < -0.4 is 9.03 Å². The van der Waals surface area contributed by atoms with Gasteiger partial charge in [-0.15, -0.1) is 0 Å². The van der Waals surface area contributed by atoms with E-state index in [-0.39, 0.29) is 16.1 Å². The Morgan fingerprint density at radius 2 is 1.75 bits per heavy atom. The minimum Gasteiger partial charge on any atom is -0.465 e. The predicted molar refractivity (Wildman–Crippen MR) is 106 cm³/mol. The number of nitrogens with one attached hydrogen (secondary N) is 1. The first-order chi connectivity index (χ1) is 13.1. The number of ether oxygens (including phenoxy) is 1. The number of rotatable bonds is 5. The molecule has 1 aliphatic rings. The molecule has 10 heteroatoms. The van der Waals surface area contributed by atoms with E-state index in [0.29, 0.717) is 18.7 Å². The van der Waals surface area contributed by atoms with E-state index in [0.717, 1.165) is 18.2 Å².